The van der Waals surface area contributed by atoms with Crippen molar-refractivity contribution in [3.05, 3.63) is 0 Å². The monoisotopic (exact) mass is 182 g/mol. The van der Waals surface area contributed by atoms with Gasteiger partial charge in [0.1, 0.15) is 0 Å². The average molecular weight is 182 g/mol. The van der Waals surface area contributed by atoms with Crippen molar-refractivity contribution in [2.75, 3.05) is 19.6 Å². The van der Waals surface area contributed by atoms with Crippen LogP contribution in [0.1, 0.15) is 39.0 Å². The van der Waals surface area contributed by atoms with E-state index in [4.69, 9.17) is 0 Å². The fourth-order valence-corrected chi connectivity index (χ4v) is 2.65. The molecule has 2 rings (SSSR count). The van der Waals surface area contributed by atoms with Crippen LogP contribution in [0.25, 0.3) is 0 Å². The molecule has 13 heavy (non-hydrogen) atoms. The number of nitrogens with zero attached hydrogens (tertiary/aromatic N) is 1. The third-order valence-corrected chi connectivity index (χ3v) is 3.65. The normalized spacial score (nSPS) is 30.5. The second kappa shape index (κ2) is 4.43. The largest absolute Gasteiger partial charge is 0.315 e. The van der Waals surface area contributed by atoms with E-state index < -0.39 is 0 Å². The lowest BCUT2D eigenvalue weighted by molar-refractivity contribution is 0.0717. The average Bonchev–Trinajstić information content (AvgIpc) is 2.12. The first-order chi connectivity index (χ1) is 6.42. The number of hydrogen-bond donors (Lipinski definition) is 1. The van der Waals surface area contributed by atoms with E-state index >= 15 is 0 Å². The summed E-state index contributed by atoms with van der Waals surface area (Å²) in [5.74, 6) is 0. The van der Waals surface area contributed by atoms with E-state index in [1.807, 2.05) is 0 Å². The zero-order valence-corrected chi connectivity index (χ0v) is 8.76. The van der Waals surface area contributed by atoms with E-state index in [1.54, 1.807) is 0 Å². The minimum Gasteiger partial charge on any atom is -0.315 e. The summed E-state index contributed by atoms with van der Waals surface area (Å²) < 4.78 is 0. The van der Waals surface area contributed by atoms with E-state index in [0.29, 0.717) is 0 Å². The Morgan fingerprint density at radius 2 is 1.92 bits per heavy atom. The summed E-state index contributed by atoms with van der Waals surface area (Å²) in [6.07, 6.45) is 7.14. The van der Waals surface area contributed by atoms with Crippen molar-refractivity contribution in [1.29, 1.82) is 0 Å². The molecule has 2 heteroatoms. The van der Waals surface area contributed by atoms with Gasteiger partial charge in [-0.3, -0.25) is 4.90 Å². The van der Waals surface area contributed by atoms with E-state index in [-0.39, 0.29) is 0 Å². The van der Waals surface area contributed by atoms with Gasteiger partial charge < -0.3 is 5.32 Å². The third kappa shape index (κ3) is 2.05. The van der Waals surface area contributed by atoms with Crippen molar-refractivity contribution in [2.45, 2.75) is 51.1 Å². The summed E-state index contributed by atoms with van der Waals surface area (Å²) in [6, 6.07) is 1.76. The summed E-state index contributed by atoms with van der Waals surface area (Å²) in [7, 11) is 0. The second-order valence-corrected chi connectivity index (χ2v) is 4.42. The molecule has 0 radical (unpaired) electrons. The Morgan fingerprint density at radius 3 is 2.38 bits per heavy atom. The van der Waals surface area contributed by atoms with Crippen LogP contribution in [0.3, 0.4) is 0 Å². The van der Waals surface area contributed by atoms with Crippen molar-refractivity contribution in [3.63, 3.8) is 0 Å². The highest BCUT2D eigenvalue weighted by molar-refractivity contribution is 4.86. The molecule has 1 saturated heterocycles. The summed E-state index contributed by atoms with van der Waals surface area (Å²) in [4.78, 5) is 2.73. The summed E-state index contributed by atoms with van der Waals surface area (Å²) >= 11 is 0. The van der Waals surface area contributed by atoms with Crippen molar-refractivity contribution in [3.8, 4) is 0 Å². The van der Waals surface area contributed by atoms with Crippen molar-refractivity contribution in [2.24, 2.45) is 0 Å². The molecule has 1 aliphatic heterocycles. The van der Waals surface area contributed by atoms with Gasteiger partial charge in [-0.1, -0.05) is 13.3 Å². The molecule has 0 spiro atoms. The molecule has 1 heterocycles. The summed E-state index contributed by atoms with van der Waals surface area (Å²) in [5, 5.41) is 3.51. The third-order valence-electron chi connectivity index (χ3n) is 3.65. The van der Waals surface area contributed by atoms with Gasteiger partial charge >= 0.3 is 0 Å². The molecule has 2 fully saturated rings. The molecule has 1 unspecified atom stereocenters. The Kier molecular flexibility index (Phi) is 3.23. The van der Waals surface area contributed by atoms with Gasteiger partial charge in [0, 0.05) is 18.6 Å². The highest BCUT2D eigenvalue weighted by Gasteiger charge is 2.29. The maximum absolute atomic E-state index is 3.51. The highest BCUT2D eigenvalue weighted by atomic mass is 15.2. The van der Waals surface area contributed by atoms with Crippen LogP contribution in [0.15, 0.2) is 0 Å². The lowest BCUT2D eigenvalue weighted by atomic mass is 9.89. The van der Waals surface area contributed by atoms with E-state index in [1.165, 1.54) is 51.7 Å². The smallest absolute Gasteiger partial charge is 0.0223 e. The fourth-order valence-electron chi connectivity index (χ4n) is 2.65. The number of piperidine rings is 1. The number of nitrogens with one attached hydrogen (secondary N) is 1. The lowest BCUT2D eigenvalue weighted by Gasteiger charge is -2.43. The van der Waals surface area contributed by atoms with E-state index in [2.05, 4.69) is 17.1 Å². The van der Waals surface area contributed by atoms with Gasteiger partial charge in [0.05, 0.1) is 0 Å². The standard InChI is InChI=1S/C11H22N2/c1-2-13(10-5-3-6-10)11-7-4-8-12-9-11/h10-12H,2-9H2,1H3. The number of rotatable bonds is 3. The Balaban J connectivity index is 1.86. The molecule has 1 saturated carbocycles. The molecule has 76 valence electrons. The van der Waals surface area contributed by atoms with Gasteiger partial charge in [0.25, 0.3) is 0 Å². The predicted octanol–water partition coefficient (Wildman–Crippen LogP) is 1.61. The van der Waals surface area contributed by atoms with Crippen LogP contribution < -0.4 is 5.32 Å². The van der Waals surface area contributed by atoms with Gasteiger partial charge in [-0.25, -0.2) is 0 Å². The fraction of sp³-hybridized carbons (Fsp3) is 1.00. The quantitative estimate of drug-likeness (QED) is 0.713. The van der Waals surface area contributed by atoms with Crippen molar-refractivity contribution >= 4 is 0 Å². The van der Waals surface area contributed by atoms with Crippen LogP contribution in [-0.4, -0.2) is 36.6 Å². The van der Waals surface area contributed by atoms with Gasteiger partial charge in [-0.2, -0.15) is 0 Å². The molecule has 1 aliphatic carbocycles. The molecule has 2 nitrogen and oxygen atoms in total. The van der Waals surface area contributed by atoms with Crippen LogP contribution in [0.5, 0.6) is 0 Å². The van der Waals surface area contributed by atoms with E-state index in [9.17, 15) is 0 Å². The first-order valence-corrected chi connectivity index (χ1v) is 5.88. The van der Waals surface area contributed by atoms with Crippen LogP contribution in [-0.2, 0) is 0 Å². The van der Waals surface area contributed by atoms with Crippen LogP contribution in [0.4, 0.5) is 0 Å². The van der Waals surface area contributed by atoms with Gasteiger partial charge in [0.15, 0.2) is 0 Å². The Hall–Kier alpha value is -0.0800. The maximum Gasteiger partial charge on any atom is 0.0223 e. The Labute approximate surface area is 81.7 Å². The topological polar surface area (TPSA) is 15.3 Å². The number of hydrogen-bond acceptors (Lipinski definition) is 2. The second-order valence-electron chi connectivity index (χ2n) is 4.42. The van der Waals surface area contributed by atoms with Crippen molar-refractivity contribution in [1.82, 2.24) is 10.2 Å². The summed E-state index contributed by atoms with van der Waals surface area (Å²) in [6.45, 7) is 6.02. The molecular weight excluding hydrogens is 160 g/mol. The zero-order chi connectivity index (χ0) is 9.10. The lowest BCUT2D eigenvalue weighted by Crippen LogP contribution is -2.52. The predicted molar refractivity (Wildman–Crippen MR) is 55.9 cm³/mol. The molecule has 1 N–H and O–H groups in total. The molecule has 0 aromatic heterocycles. The highest BCUT2D eigenvalue weighted by Crippen LogP contribution is 2.27. The Morgan fingerprint density at radius 1 is 1.15 bits per heavy atom. The SMILES string of the molecule is CCN(C1CCC1)C1CCCNC1. The summed E-state index contributed by atoms with van der Waals surface area (Å²) in [5.41, 5.74) is 0. The molecule has 0 amide bonds. The molecular formula is C11H22N2. The zero-order valence-electron chi connectivity index (χ0n) is 8.76. The molecule has 0 aromatic rings. The van der Waals surface area contributed by atoms with E-state index in [0.717, 1.165) is 12.1 Å². The molecule has 0 aromatic carbocycles. The van der Waals surface area contributed by atoms with Crippen molar-refractivity contribution < 1.29 is 0 Å². The minimum atomic E-state index is 0.837. The maximum atomic E-state index is 3.51. The Bertz CT molecular complexity index is 148. The van der Waals surface area contributed by atoms with Crippen LogP contribution in [0.2, 0.25) is 0 Å². The van der Waals surface area contributed by atoms with Gasteiger partial charge in [-0.15, -0.1) is 0 Å². The van der Waals surface area contributed by atoms with Crippen LogP contribution >= 0.6 is 0 Å². The molecule has 2 aliphatic rings. The number of likely N-dealkylation sites (N-methyl/N-ethyl adjacent to an activating group) is 1. The van der Waals surface area contributed by atoms with Gasteiger partial charge in [-0.05, 0) is 38.8 Å². The molecule has 1 atom stereocenters. The van der Waals surface area contributed by atoms with Gasteiger partial charge in [0.2, 0.25) is 0 Å². The first-order valence-electron chi connectivity index (χ1n) is 5.88. The minimum absolute atomic E-state index is 0.837. The first kappa shape index (κ1) is 9.47. The molecule has 0 bridgehead atoms. The van der Waals surface area contributed by atoms with Crippen LogP contribution in [0, 0.1) is 0 Å².